The molecule has 1 atom stereocenters. The smallest absolute Gasteiger partial charge is 0.411 e. The molecule has 1 aromatic heterocycles. The first kappa shape index (κ1) is 15.6. The molecule has 1 N–H and O–H groups in total. The second-order valence-corrected chi connectivity index (χ2v) is 7.27. The SMILES string of the molecule is O=C(Nc1ccsc1-c1ccccc1F)OC1CN2CCC1CC2. The third kappa shape index (κ3) is 3.03. The average Bonchev–Trinajstić information content (AvgIpc) is 3.04. The van der Waals surface area contributed by atoms with Gasteiger partial charge in [-0.1, -0.05) is 18.2 Å². The highest BCUT2D eigenvalue weighted by Gasteiger charge is 2.36. The summed E-state index contributed by atoms with van der Waals surface area (Å²) in [5, 5.41) is 4.63. The Morgan fingerprint density at radius 1 is 1.25 bits per heavy atom. The Balaban J connectivity index is 1.45. The predicted octanol–water partition coefficient (Wildman–Crippen LogP) is 4.20. The Morgan fingerprint density at radius 2 is 2.04 bits per heavy atom. The standard InChI is InChI=1S/C18H19FN2O2S/c19-14-4-2-1-3-13(14)17-15(7-10-24-17)20-18(22)23-16-11-21-8-5-12(16)6-9-21/h1-4,7,10,12,16H,5-6,8-9,11H2,(H,20,22). The lowest BCUT2D eigenvalue weighted by Gasteiger charge is -2.43. The summed E-state index contributed by atoms with van der Waals surface area (Å²) in [4.78, 5) is 15.3. The van der Waals surface area contributed by atoms with Gasteiger partial charge in [-0.05, 0) is 49.4 Å². The number of hydrogen-bond donors (Lipinski definition) is 1. The van der Waals surface area contributed by atoms with E-state index in [9.17, 15) is 9.18 Å². The van der Waals surface area contributed by atoms with Gasteiger partial charge in [0.05, 0.1) is 10.6 Å². The fourth-order valence-corrected chi connectivity index (χ4v) is 4.46. The molecular formula is C18H19FN2O2S. The van der Waals surface area contributed by atoms with Crippen LogP contribution in [0.2, 0.25) is 0 Å². The van der Waals surface area contributed by atoms with E-state index in [0.29, 0.717) is 22.0 Å². The van der Waals surface area contributed by atoms with Gasteiger partial charge in [-0.2, -0.15) is 0 Å². The summed E-state index contributed by atoms with van der Waals surface area (Å²) in [7, 11) is 0. The summed E-state index contributed by atoms with van der Waals surface area (Å²) in [6.07, 6.45) is 1.70. The van der Waals surface area contributed by atoms with Gasteiger partial charge in [0.2, 0.25) is 0 Å². The van der Waals surface area contributed by atoms with Gasteiger partial charge >= 0.3 is 6.09 Å². The van der Waals surface area contributed by atoms with Crippen molar-refractivity contribution < 1.29 is 13.9 Å². The summed E-state index contributed by atoms with van der Waals surface area (Å²) in [6.45, 7) is 3.03. The van der Waals surface area contributed by atoms with E-state index in [1.54, 1.807) is 24.3 Å². The molecule has 3 aliphatic rings. The maximum Gasteiger partial charge on any atom is 0.411 e. The predicted molar refractivity (Wildman–Crippen MR) is 92.8 cm³/mol. The number of thiophene rings is 1. The molecule has 3 saturated heterocycles. The topological polar surface area (TPSA) is 41.6 Å². The fraction of sp³-hybridized carbons (Fsp3) is 0.389. The van der Waals surface area contributed by atoms with Gasteiger partial charge in [-0.3, -0.25) is 10.2 Å². The minimum Gasteiger partial charge on any atom is -0.444 e. The Morgan fingerprint density at radius 3 is 2.75 bits per heavy atom. The normalized spacial score (nSPS) is 25.5. The number of ether oxygens (including phenoxy) is 1. The number of halogens is 1. The number of nitrogens with zero attached hydrogens (tertiary/aromatic N) is 1. The molecule has 0 spiro atoms. The number of nitrogens with one attached hydrogen (secondary N) is 1. The third-order valence-electron chi connectivity index (χ3n) is 4.88. The third-order valence-corrected chi connectivity index (χ3v) is 5.82. The highest BCUT2D eigenvalue weighted by Crippen LogP contribution is 2.35. The lowest BCUT2D eigenvalue weighted by atomic mass is 9.86. The van der Waals surface area contributed by atoms with Gasteiger partial charge in [-0.15, -0.1) is 11.3 Å². The molecule has 2 aromatic rings. The average molecular weight is 346 g/mol. The summed E-state index contributed by atoms with van der Waals surface area (Å²) >= 11 is 1.40. The largest absolute Gasteiger partial charge is 0.444 e. The molecule has 6 heteroatoms. The highest BCUT2D eigenvalue weighted by molar-refractivity contribution is 7.14. The van der Waals surface area contributed by atoms with E-state index in [4.69, 9.17) is 4.74 Å². The molecule has 1 amide bonds. The number of rotatable bonds is 3. The second-order valence-electron chi connectivity index (χ2n) is 6.35. The van der Waals surface area contributed by atoms with Crippen molar-refractivity contribution in [3.05, 3.63) is 41.5 Å². The Hall–Kier alpha value is -1.92. The van der Waals surface area contributed by atoms with Gasteiger partial charge in [0.15, 0.2) is 0 Å². The Kier molecular flexibility index (Phi) is 4.24. The van der Waals surface area contributed by atoms with Crippen LogP contribution in [0.4, 0.5) is 14.9 Å². The van der Waals surface area contributed by atoms with E-state index in [1.807, 2.05) is 5.38 Å². The van der Waals surface area contributed by atoms with E-state index in [1.165, 1.54) is 17.4 Å². The van der Waals surface area contributed by atoms with Gasteiger partial charge in [0, 0.05) is 12.1 Å². The summed E-state index contributed by atoms with van der Waals surface area (Å²) < 4.78 is 19.6. The van der Waals surface area contributed by atoms with Gasteiger partial charge < -0.3 is 4.74 Å². The molecular weight excluding hydrogens is 327 g/mol. The summed E-state index contributed by atoms with van der Waals surface area (Å²) in [5.41, 5.74) is 1.09. The first-order chi connectivity index (χ1) is 11.7. The van der Waals surface area contributed by atoms with Crippen molar-refractivity contribution in [1.82, 2.24) is 4.90 Å². The second kappa shape index (κ2) is 6.53. The van der Waals surface area contributed by atoms with Crippen molar-refractivity contribution in [2.45, 2.75) is 18.9 Å². The molecule has 5 rings (SSSR count). The Bertz CT molecular complexity index is 740. The monoisotopic (exact) mass is 346 g/mol. The number of carbonyl (C=O) groups is 1. The molecule has 4 heterocycles. The number of hydrogen-bond acceptors (Lipinski definition) is 4. The van der Waals surface area contributed by atoms with Crippen LogP contribution in [0, 0.1) is 11.7 Å². The van der Waals surface area contributed by atoms with Crippen molar-refractivity contribution in [2.24, 2.45) is 5.92 Å². The number of anilines is 1. The number of benzene rings is 1. The zero-order valence-electron chi connectivity index (χ0n) is 13.2. The minimum atomic E-state index is -0.454. The molecule has 4 nitrogen and oxygen atoms in total. The van der Waals surface area contributed by atoms with Crippen LogP contribution in [0.1, 0.15) is 12.8 Å². The number of piperidine rings is 3. The van der Waals surface area contributed by atoms with Crippen LogP contribution >= 0.6 is 11.3 Å². The van der Waals surface area contributed by atoms with E-state index in [-0.39, 0.29) is 11.9 Å². The van der Waals surface area contributed by atoms with Gasteiger partial charge in [0.25, 0.3) is 0 Å². The van der Waals surface area contributed by atoms with Crippen molar-refractivity contribution in [3.8, 4) is 10.4 Å². The quantitative estimate of drug-likeness (QED) is 0.906. The van der Waals surface area contributed by atoms with E-state index in [2.05, 4.69) is 10.2 Å². The number of fused-ring (bicyclic) bond motifs is 3. The Labute approximate surface area is 144 Å². The first-order valence-electron chi connectivity index (χ1n) is 8.23. The molecule has 1 aromatic carbocycles. The van der Waals surface area contributed by atoms with Gasteiger partial charge in [-0.25, -0.2) is 9.18 Å². The van der Waals surface area contributed by atoms with Crippen molar-refractivity contribution in [1.29, 1.82) is 0 Å². The van der Waals surface area contributed by atoms with Crippen LogP contribution in [-0.2, 0) is 4.74 Å². The molecule has 1 unspecified atom stereocenters. The maximum atomic E-state index is 14.0. The van der Waals surface area contributed by atoms with Crippen molar-refractivity contribution >= 4 is 23.1 Å². The van der Waals surface area contributed by atoms with Crippen molar-refractivity contribution in [2.75, 3.05) is 25.0 Å². The van der Waals surface area contributed by atoms with Crippen LogP contribution in [0.15, 0.2) is 35.7 Å². The number of carbonyl (C=O) groups excluding carboxylic acids is 1. The molecule has 126 valence electrons. The van der Waals surface area contributed by atoms with Crippen molar-refractivity contribution in [3.63, 3.8) is 0 Å². The van der Waals surface area contributed by atoms with Crippen LogP contribution in [0.5, 0.6) is 0 Å². The van der Waals surface area contributed by atoms with Crippen LogP contribution < -0.4 is 5.32 Å². The van der Waals surface area contributed by atoms with Gasteiger partial charge in [0.1, 0.15) is 11.9 Å². The van der Waals surface area contributed by atoms with E-state index < -0.39 is 6.09 Å². The van der Waals surface area contributed by atoms with Crippen LogP contribution in [-0.4, -0.2) is 36.7 Å². The van der Waals surface area contributed by atoms with E-state index in [0.717, 1.165) is 32.5 Å². The first-order valence-corrected chi connectivity index (χ1v) is 9.11. The van der Waals surface area contributed by atoms with Crippen LogP contribution in [0.3, 0.4) is 0 Å². The van der Waals surface area contributed by atoms with Crippen LogP contribution in [0.25, 0.3) is 10.4 Å². The fourth-order valence-electron chi connectivity index (χ4n) is 3.58. The molecule has 0 radical (unpaired) electrons. The summed E-state index contributed by atoms with van der Waals surface area (Å²) in [5.74, 6) is 0.169. The molecule has 3 aliphatic heterocycles. The molecule has 0 saturated carbocycles. The highest BCUT2D eigenvalue weighted by atomic mass is 32.1. The zero-order valence-corrected chi connectivity index (χ0v) is 14.0. The minimum absolute atomic E-state index is 0.0388. The molecule has 2 bridgehead atoms. The maximum absolute atomic E-state index is 14.0. The summed E-state index contributed by atoms with van der Waals surface area (Å²) in [6, 6.07) is 8.36. The lowest BCUT2D eigenvalue weighted by molar-refractivity contribution is -0.0289. The number of amides is 1. The molecule has 3 fully saturated rings. The molecule has 0 aliphatic carbocycles. The molecule has 24 heavy (non-hydrogen) atoms. The lowest BCUT2D eigenvalue weighted by Crippen LogP contribution is -2.52. The zero-order chi connectivity index (χ0) is 16.5. The van der Waals surface area contributed by atoms with E-state index >= 15 is 0 Å².